The molecule has 1 fully saturated rings. The van der Waals surface area contributed by atoms with Gasteiger partial charge in [0.05, 0.1) is 11.1 Å². The molecule has 1 aliphatic heterocycles. The summed E-state index contributed by atoms with van der Waals surface area (Å²) in [6, 6.07) is 6.12. The van der Waals surface area contributed by atoms with Crippen molar-refractivity contribution < 1.29 is 13.2 Å². The van der Waals surface area contributed by atoms with Crippen molar-refractivity contribution in [3.05, 3.63) is 36.0 Å². The Balaban J connectivity index is 2.00. The third kappa shape index (κ3) is 3.00. The van der Waals surface area contributed by atoms with Crippen molar-refractivity contribution in [3.8, 4) is 0 Å². The fourth-order valence-corrected chi connectivity index (χ4v) is 3.40. The monoisotopic (exact) mass is 323 g/mol. The number of hydrogen-bond donors (Lipinski definition) is 0. The largest absolute Gasteiger partial charge is 0.416 e. The molecule has 0 N–H and O–H groups in total. The van der Waals surface area contributed by atoms with E-state index in [9.17, 15) is 13.2 Å². The molecule has 124 valence electrons. The summed E-state index contributed by atoms with van der Waals surface area (Å²) in [5.74, 6) is 0.502. The van der Waals surface area contributed by atoms with Crippen LogP contribution in [0.5, 0.6) is 0 Å². The lowest BCUT2D eigenvalue weighted by Crippen LogP contribution is -2.34. The Morgan fingerprint density at radius 1 is 1.17 bits per heavy atom. The number of benzene rings is 1. The van der Waals surface area contributed by atoms with Gasteiger partial charge in [-0.1, -0.05) is 13.0 Å². The average Bonchev–Trinajstić information content (AvgIpc) is 2.87. The standard InChI is InChI=1S/C17H20F3N3/c1-11-9-23(10-16(11)22(2)3)15-6-7-21-14-8-12(17(18,19)20)4-5-13(14)15/h4-8,11,16H,9-10H2,1-3H3. The molecule has 0 radical (unpaired) electrons. The number of halogens is 3. The number of nitrogens with zero attached hydrogens (tertiary/aromatic N) is 3. The molecule has 2 unspecified atom stereocenters. The van der Waals surface area contributed by atoms with Crippen LogP contribution in [-0.2, 0) is 6.18 Å². The van der Waals surface area contributed by atoms with Crippen LogP contribution in [0.2, 0.25) is 0 Å². The van der Waals surface area contributed by atoms with Crippen LogP contribution < -0.4 is 4.90 Å². The second kappa shape index (κ2) is 5.67. The molecule has 0 saturated carbocycles. The van der Waals surface area contributed by atoms with Crippen molar-refractivity contribution in [2.75, 3.05) is 32.1 Å². The fraction of sp³-hybridized carbons (Fsp3) is 0.471. The zero-order valence-corrected chi connectivity index (χ0v) is 13.4. The Kier molecular flexibility index (Phi) is 3.96. The summed E-state index contributed by atoms with van der Waals surface area (Å²) in [7, 11) is 4.12. The van der Waals surface area contributed by atoms with Crippen molar-refractivity contribution in [2.24, 2.45) is 5.92 Å². The van der Waals surface area contributed by atoms with Crippen LogP contribution in [0.15, 0.2) is 30.5 Å². The Morgan fingerprint density at radius 3 is 2.52 bits per heavy atom. The van der Waals surface area contributed by atoms with Gasteiger partial charge in [0.25, 0.3) is 0 Å². The number of likely N-dealkylation sites (N-methyl/N-ethyl adjacent to an activating group) is 1. The normalized spacial score (nSPS) is 22.3. The van der Waals surface area contributed by atoms with Crippen LogP contribution in [-0.4, -0.2) is 43.1 Å². The Labute approximate surface area is 133 Å². The molecule has 3 rings (SSSR count). The Morgan fingerprint density at radius 2 is 1.91 bits per heavy atom. The third-order valence-corrected chi connectivity index (χ3v) is 4.62. The quantitative estimate of drug-likeness (QED) is 0.841. The van der Waals surface area contributed by atoms with Gasteiger partial charge in [0.2, 0.25) is 0 Å². The van der Waals surface area contributed by atoms with Crippen LogP contribution in [0.3, 0.4) is 0 Å². The number of anilines is 1. The van der Waals surface area contributed by atoms with Gasteiger partial charge in [-0.2, -0.15) is 13.2 Å². The lowest BCUT2D eigenvalue weighted by Gasteiger charge is -2.23. The second-order valence-electron chi connectivity index (χ2n) is 6.47. The molecule has 2 aromatic rings. The van der Waals surface area contributed by atoms with Gasteiger partial charge >= 0.3 is 6.18 Å². The molecular formula is C17H20F3N3. The molecule has 1 aromatic heterocycles. The average molecular weight is 323 g/mol. The first-order chi connectivity index (χ1) is 10.8. The summed E-state index contributed by atoms with van der Waals surface area (Å²) in [6.07, 6.45) is -2.75. The van der Waals surface area contributed by atoms with Gasteiger partial charge in [-0.25, -0.2) is 0 Å². The number of alkyl halides is 3. The highest BCUT2D eigenvalue weighted by Gasteiger charge is 2.33. The molecule has 2 heterocycles. The Bertz CT molecular complexity index is 712. The van der Waals surface area contributed by atoms with Crippen molar-refractivity contribution in [3.63, 3.8) is 0 Å². The predicted molar refractivity (Wildman–Crippen MR) is 85.6 cm³/mol. The molecule has 3 nitrogen and oxygen atoms in total. The first kappa shape index (κ1) is 16.1. The maximum atomic E-state index is 12.9. The molecule has 0 aliphatic carbocycles. The zero-order valence-electron chi connectivity index (χ0n) is 13.4. The molecule has 0 bridgehead atoms. The highest BCUT2D eigenvalue weighted by atomic mass is 19.4. The van der Waals surface area contributed by atoms with E-state index in [2.05, 4.69) is 35.8 Å². The van der Waals surface area contributed by atoms with Crippen molar-refractivity contribution in [2.45, 2.75) is 19.1 Å². The molecular weight excluding hydrogens is 303 g/mol. The molecule has 0 amide bonds. The lowest BCUT2D eigenvalue weighted by atomic mass is 10.1. The maximum absolute atomic E-state index is 12.9. The predicted octanol–water partition coefficient (Wildman–Crippen LogP) is 3.64. The van der Waals surface area contributed by atoms with Crippen molar-refractivity contribution >= 4 is 16.6 Å². The second-order valence-corrected chi connectivity index (χ2v) is 6.47. The minimum Gasteiger partial charge on any atom is -0.369 e. The molecule has 23 heavy (non-hydrogen) atoms. The summed E-state index contributed by atoms with van der Waals surface area (Å²) in [6.45, 7) is 3.97. The van der Waals surface area contributed by atoms with Gasteiger partial charge in [-0.15, -0.1) is 0 Å². The van der Waals surface area contributed by atoms with Crippen LogP contribution in [0.4, 0.5) is 18.9 Å². The van der Waals surface area contributed by atoms with Crippen LogP contribution >= 0.6 is 0 Å². The number of aromatic nitrogens is 1. The van der Waals surface area contributed by atoms with Crippen molar-refractivity contribution in [1.82, 2.24) is 9.88 Å². The van der Waals surface area contributed by atoms with E-state index in [0.29, 0.717) is 17.5 Å². The topological polar surface area (TPSA) is 19.4 Å². The number of hydrogen-bond acceptors (Lipinski definition) is 3. The van der Waals surface area contributed by atoms with Gasteiger partial charge in [0.1, 0.15) is 0 Å². The van der Waals surface area contributed by atoms with Gasteiger partial charge in [-0.05, 0) is 38.2 Å². The van der Waals surface area contributed by atoms with Gasteiger partial charge in [0, 0.05) is 36.4 Å². The van der Waals surface area contributed by atoms with E-state index >= 15 is 0 Å². The SMILES string of the molecule is CC1CN(c2ccnc3cc(C(F)(F)F)ccc23)CC1N(C)C. The van der Waals surface area contributed by atoms with E-state index in [0.717, 1.165) is 36.3 Å². The molecule has 1 saturated heterocycles. The van der Waals surface area contributed by atoms with E-state index in [1.807, 2.05) is 6.07 Å². The van der Waals surface area contributed by atoms with Crippen LogP contribution in [0, 0.1) is 5.92 Å². The molecule has 1 aliphatic rings. The highest BCUT2D eigenvalue weighted by Crippen LogP contribution is 2.35. The van der Waals surface area contributed by atoms with E-state index in [1.165, 1.54) is 6.07 Å². The van der Waals surface area contributed by atoms with E-state index < -0.39 is 11.7 Å². The van der Waals surface area contributed by atoms with Crippen molar-refractivity contribution in [1.29, 1.82) is 0 Å². The van der Waals surface area contributed by atoms with Gasteiger partial charge in [0.15, 0.2) is 0 Å². The minimum atomic E-state index is -4.34. The van der Waals surface area contributed by atoms with E-state index in [4.69, 9.17) is 0 Å². The summed E-state index contributed by atoms with van der Waals surface area (Å²) >= 11 is 0. The highest BCUT2D eigenvalue weighted by molar-refractivity contribution is 5.92. The van der Waals surface area contributed by atoms with E-state index in [1.54, 1.807) is 6.20 Å². The number of pyridine rings is 1. The maximum Gasteiger partial charge on any atom is 0.416 e. The molecule has 6 heteroatoms. The summed E-state index contributed by atoms with van der Waals surface area (Å²) < 4.78 is 38.6. The summed E-state index contributed by atoms with van der Waals surface area (Å²) in [4.78, 5) is 8.57. The zero-order chi connectivity index (χ0) is 16.8. The lowest BCUT2D eigenvalue weighted by molar-refractivity contribution is -0.137. The molecule has 2 atom stereocenters. The minimum absolute atomic E-state index is 0.387. The third-order valence-electron chi connectivity index (χ3n) is 4.62. The van der Waals surface area contributed by atoms with Gasteiger partial charge in [-0.3, -0.25) is 4.98 Å². The molecule has 0 spiro atoms. The van der Waals surface area contributed by atoms with E-state index in [-0.39, 0.29) is 0 Å². The summed E-state index contributed by atoms with van der Waals surface area (Å²) in [5.41, 5.74) is 0.689. The first-order valence-corrected chi connectivity index (χ1v) is 7.64. The summed E-state index contributed by atoms with van der Waals surface area (Å²) in [5, 5.41) is 0.770. The van der Waals surface area contributed by atoms with Gasteiger partial charge < -0.3 is 9.80 Å². The van der Waals surface area contributed by atoms with Crippen LogP contribution in [0.25, 0.3) is 10.9 Å². The number of rotatable bonds is 2. The fourth-order valence-electron chi connectivity index (χ4n) is 3.40. The Hall–Kier alpha value is -1.82. The first-order valence-electron chi connectivity index (χ1n) is 7.64. The van der Waals surface area contributed by atoms with Crippen LogP contribution in [0.1, 0.15) is 12.5 Å². The number of fused-ring (bicyclic) bond motifs is 1. The smallest absolute Gasteiger partial charge is 0.369 e. The molecule has 1 aromatic carbocycles.